The quantitative estimate of drug-likeness (QED) is 0.562. The molecule has 1 aliphatic rings. The second-order valence-corrected chi connectivity index (χ2v) is 7.87. The molecule has 2 rings (SSSR count). The molecule has 112 valence electrons. The van der Waals surface area contributed by atoms with E-state index in [1.54, 1.807) is 12.5 Å². The number of amides is 1. The van der Waals surface area contributed by atoms with E-state index in [1.165, 1.54) is 25.0 Å². The lowest BCUT2D eigenvalue weighted by atomic mass is 10.1. The number of carbonyl (C=O) groups is 1. The van der Waals surface area contributed by atoms with Crippen LogP contribution in [0.4, 0.5) is 0 Å². The fraction of sp³-hybridized carbons (Fsp3) is 0.714. The Bertz CT molecular complexity index is 378. The number of rotatable bonds is 9. The first-order chi connectivity index (χ1) is 9.84. The Morgan fingerprint density at radius 2 is 2.35 bits per heavy atom. The number of nitrogens with zero attached hydrogens (tertiary/aromatic N) is 2. The molecule has 1 amide bonds. The lowest BCUT2D eigenvalue weighted by Crippen LogP contribution is -2.24. The second-order valence-electron chi connectivity index (χ2n) is 5.08. The lowest BCUT2D eigenvalue weighted by molar-refractivity contribution is -0.121. The molecule has 0 spiro atoms. The topological polar surface area (TPSA) is 46.9 Å². The largest absolute Gasteiger partial charge is 0.356 e. The van der Waals surface area contributed by atoms with E-state index in [0.29, 0.717) is 6.42 Å². The predicted octanol–water partition coefficient (Wildman–Crippen LogP) is 3.10. The second kappa shape index (κ2) is 9.34. The Hall–Kier alpha value is -0.620. The zero-order valence-electron chi connectivity index (χ0n) is 11.8. The van der Waals surface area contributed by atoms with Crippen LogP contribution in [0, 0.1) is 0 Å². The third-order valence-electron chi connectivity index (χ3n) is 3.38. The summed E-state index contributed by atoms with van der Waals surface area (Å²) < 4.78 is 2.03. The maximum absolute atomic E-state index is 11.7. The molecule has 0 unspecified atom stereocenters. The Kier molecular flexibility index (Phi) is 7.36. The summed E-state index contributed by atoms with van der Waals surface area (Å²) in [6, 6.07) is 0. The van der Waals surface area contributed by atoms with Gasteiger partial charge in [-0.25, -0.2) is 4.98 Å². The van der Waals surface area contributed by atoms with Crippen LogP contribution in [0.2, 0.25) is 0 Å². The van der Waals surface area contributed by atoms with Gasteiger partial charge in [-0.05, 0) is 25.7 Å². The molecular formula is C14H23N3OS2. The molecule has 1 fully saturated rings. The van der Waals surface area contributed by atoms with Gasteiger partial charge in [0.1, 0.15) is 0 Å². The maximum Gasteiger partial charge on any atom is 0.219 e. The van der Waals surface area contributed by atoms with Gasteiger partial charge in [0.05, 0.1) is 6.33 Å². The molecule has 1 aliphatic heterocycles. The highest BCUT2D eigenvalue weighted by Gasteiger charge is 2.15. The van der Waals surface area contributed by atoms with Crippen LogP contribution in [0.5, 0.6) is 0 Å². The third kappa shape index (κ3) is 6.22. The van der Waals surface area contributed by atoms with Crippen LogP contribution < -0.4 is 5.32 Å². The fourth-order valence-electron chi connectivity index (χ4n) is 2.22. The number of aromatic nitrogens is 2. The average molecular weight is 313 g/mol. The van der Waals surface area contributed by atoms with Crippen molar-refractivity contribution < 1.29 is 4.79 Å². The molecule has 1 saturated heterocycles. The van der Waals surface area contributed by atoms with E-state index in [-0.39, 0.29) is 5.91 Å². The van der Waals surface area contributed by atoms with Crippen molar-refractivity contribution in [3.63, 3.8) is 0 Å². The van der Waals surface area contributed by atoms with Crippen molar-refractivity contribution in [1.82, 2.24) is 14.9 Å². The summed E-state index contributed by atoms with van der Waals surface area (Å²) in [6.45, 7) is 1.67. The molecule has 2 heterocycles. The zero-order valence-corrected chi connectivity index (χ0v) is 13.4. The van der Waals surface area contributed by atoms with Gasteiger partial charge < -0.3 is 9.88 Å². The van der Waals surface area contributed by atoms with Gasteiger partial charge in [-0.2, -0.15) is 0 Å². The SMILES string of the molecule is O=C(CCCC[C@H]1CCSS1)NCCCn1ccnc1. The van der Waals surface area contributed by atoms with Gasteiger partial charge in [-0.1, -0.05) is 28.0 Å². The molecule has 20 heavy (non-hydrogen) atoms. The first-order valence-corrected chi connectivity index (χ1v) is 9.73. The van der Waals surface area contributed by atoms with Crippen LogP contribution in [-0.4, -0.2) is 33.0 Å². The van der Waals surface area contributed by atoms with Gasteiger partial charge in [0, 0.05) is 42.9 Å². The Balaban J connectivity index is 1.42. The van der Waals surface area contributed by atoms with Gasteiger partial charge in [0.15, 0.2) is 0 Å². The molecular weight excluding hydrogens is 290 g/mol. The minimum Gasteiger partial charge on any atom is -0.356 e. The van der Waals surface area contributed by atoms with Crippen LogP contribution in [-0.2, 0) is 11.3 Å². The van der Waals surface area contributed by atoms with Crippen molar-refractivity contribution in [2.75, 3.05) is 12.3 Å². The molecule has 1 aromatic rings. The zero-order chi connectivity index (χ0) is 14.0. The van der Waals surface area contributed by atoms with Gasteiger partial charge in [-0.15, -0.1) is 0 Å². The summed E-state index contributed by atoms with van der Waals surface area (Å²) >= 11 is 0. The van der Waals surface area contributed by atoms with Crippen LogP contribution in [0.1, 0.15) is 38.5 Å². The number of imidazole rings is 1. The Labute approximate surface area is 128 Å². The normalized spacial score (nSPS) is 18.3. The summed E-state index contributed by atoms with van der Waals surface area (Å²) in [6.07, 6.45) is 12.0. The monoisotopic (exact) mass is 313 g/mol. The van der Waals surface area contributed by atoms with E-state index in [2.05, 4.69) is 10.3 Å². The molecule has 1 N–H and O–H groups in total. The predicted molar refractivity (Wildman–Crippen MR) is 86.8 cm³/mol. The van der Waals surface area contributed by atoms with Crippen LogP contribution in [0.15, 0.2) is 18.7 Å². The number of unbranched alkanes of at least 4 members (excludes halogenated alkanes) is 1. The summed E-state index contributed by atoms with van der Waals surface area (Å²) in [5.74, 6) is 1.50. The molecule has 0 saturated carbocycles. The summed E-state index contributed by atoms with van der Waals surface area (Å²) in [5, 5.41) is 3.82. The van der Waals surface area contributed by atoms with Crippen molar-refractivity contribution in [1.29, 1.82) is 0 Å². The molecule has 6 heteroatoms. The number of aryl methyl sites for hydroxylation is 1. The highest BCUT2D eigenvalue weighted by molar-refractivity contribution is 8.77. The van der Waals surface area contributed by atoms with E-state index in [1.807, 2.05) is 32.4 Å². The third-order valence-corrected chi connectivity index (χ3v) is 6.39. The van der Waals surface area contributed by atoms with Gasteiger partial charge in [0.25, 0.3) is 0 Å². The molecule has 1 atom stereocenters. The van der Waals surface area contributed by atoms with Crippen molar-refractivity contribution in [2.45, 2.75) is 50.3 Å². The molecule has 0 aliphatic carbocycles. The van der Waals surface area contributed by atoms with Crippen LogP contribution in [0.25, 0.3) is 0 Å². The molecule has 0 radical (unpaired) electrons. The highest BCUT2D eigenvalue weighted by atomic mass is 33.1. The lowest BCUT2D eigenvalue weighted by Gasteiger charge is -2.07. The molecule has 4 nitrogen and oxygen atoms in total. The smallest absolute Gasteiger partial charge is 0.219 e. The minimum atomic E-state index is 0.198. The Morgan fingerprint density at radius 3 is 3.10 bits per heavy atom. The number of hydrogen-bond donors (Lipinski definition) is 1. The van der Waals surface area contributed by atoms with Gasteiger partial charge >= 0.3 is 0 Å². The Morgan fingerprint density at radius 1 is 1.40 bits per heavy atom. The van der Waals surface area contributed by atoms with E-state index in [9.17, 15) is 4.79 Å². The fourth-order valence-corrected chi connectivity index (χ4v) is 5.25. The van der Waals surface area contributed by atoms with Crippen LogP contribution >= 0.6 is 21.6 Å². The highest BCUT2D eigenvalue weighted by Crippen LogP contribution is 2.39. The van der Waals surface area contributed by atoms with E-state index < -0.39 is 0 Å². The van der Waals surface area contributed by atoms with Crippen LogP contribution in [0.3, 0.4) is 0 Å². The number of hydrogen-bond acceptors (Lipinski definition) is 4. The van der Waals surface area contributed by atoms with Crippen molar-refractivity contribution in [2.24, 2.45) is 0 Å². The molecule has 0 aromatic carbocycles. The number of carbonyl (C=O) groups excluding carboxylic acids is 1. The van der Waals surface area contributed by atoms with E-state index in [0.717, 1.165) is 31.2 Å². The summed E-state index contributed by atoms with van der Waals surface area (Å²) in [7, 11) is 4.02. The standard InChI is InChI=1S/C14H23N3OS2/c18-14(5-2-1-4-13-6-11-19-20-13)16-7-3-9-17-10-8-15-12-17/h8,10,12-13H,1-7,9,11H2,(H,16,18)/t13-/m0/s1. The first kappa shape index (κ1) is 15.8. The minimum absolute atomic E-state index is 0.198. The van der Waals surface area contributed by atoms with Gasteiger partial charge in [-0.3, -0.25) is 4.79 Å². The first-order valence-electron chi connectivity index (χ1n) is 7.35. The van der Waals surface area contributed by atoms with Crippen molar-refractivity contribution in [3.05, 3.63) is 18.7 Å². The van der Waals surface area contributed by atoms with Crippen molar-refractivity contribution in [3.8, 4) is 0 Å². The molecule has 0 bridgehead atoms. The van der Waals surface area contributed by atoms with E-state index >= 15 is 0 Å². The summed E-state index contributed by atoms with van der Waals surface area (Å²) in [4.78, 5) is 15.7. The maximum atomic E-state index is 11.7. The number of nitrogens with one attached hydrogen (secondary N) is 1. The molecule has 1 aromatic heterocycles. The van der Waals surface area contributed by atoms with Gasteiger partial charge in [0.2, 0.25) is 5.91 Å². The van der Waals surface area contributed by atoms with Crippen molar-refractivity contribution >= 4 is 27.5 Å². The summed E-state index contributed by atoms with van der Waals surface area (Å²) in [5.41, 5.74) is 0. The van der Waals surface area contributed by atoms with E-state index in [4.69, 9.17) is 0 Å². The average Bonchev–Trinajstić information content (AvgIpc) is 3.13.